The number of hydrogen-bond acceptors (Lipinski definition) is 3. The summed E-state index contributed by atoms with van der Waals surface area (Å²) in [6, 6.07) is 10.1. The number of carbonyl (C=O) groups excluding carboxylic acids is 1. The average molecular weight is 559 g/mol. The van der Waals surface area contributed by atoms with Gasteiger partial charge in [0, 0.05) is 4.47 Å². The Labute approximate surface area is 184 Å². The predicted molar refractivity (Wildman–Crippen MR) is 118 cm³/mol. The van der Waals surface area contributed by atoms with Gasteiger partial charge in [0.05, 0.1) is 14.7 Å². The third-order valence-corrected chi connectivity index (χ3v) is 6.06. The number of nitrogens with one attached hydrogen (secondary N) is 1. The van der Waals surface area contributed by atoms with E-state index in [2.05, 4.69) is 76.5 Å². The van der Waals surface area contributed by atoms with Crippen LogP contribution in [0.2, 0.25) is 0 Å². The Morgan fingerprint density at radius 3 is 2.44 bits per heavy atom. The van der Waals surface area contributed by atoms with Crippen LogP contribution < -0.4 is 10.2 Å². The number of hydrogen-bond donors (Lipinski definition) is 1. The smallest absolute Gasteiger partial charge is 0.277 e. The van der Waals surface area contributed by atoms with Gasteiger partial charge in [0.15, 0.2) is 6.61 Å². The first-order valence-corrected chi connectivity index (χ1v) is 11.0. The quantitative estimate of drug-likeness (QED) is 0.374. The number of benzene rings is 2. The molecule has 7 heteroatoms. The van der Waals surface area contributed by atoms with Crippen LogP contribution in [-0.2, 0) is 17.6 Å². The highest BCUT2D eigenvalue weighted by molar-refractivity contribution is 9.11. The zero-order valence-corrected chi connectivity index (χ0v) is 19.6. The standard InChI is InChI=1S/C20H19Br3N2O2/c1-12(14-7-6-13-4-2-3-5-15(13)8-14)24-25-19(26)11-27-20-17(22)9-16(21)10-18(20)23/h6-10H,2-5,11H2,1H3,(H,25,26)/b24-12-. The van der Waals surface area contributed by atoms with Crippen molar-refractivity contribution in [1.29, 1.82) is 0 Å². The molecule has 0 heterocycles. The van der Waals surface area contributed by atoms with Crippen LogP contribution in [0, 0.1) is 0 Å². The maximum atomic E-state index is 12.1. The molecule has 0 spiro atoms. The largest absolute Gasteiger partial charge is 0.481 e. The Morgan fingerprint density at radius 2 is 1.74 bits per heavy atom. The van der Waals surface area contributed by atoms with E-state index in [1.165, 1.54) is 24.0 Å². The Morgan fingerprint density at radius 1 is 1.07 bits per heavy atom. The summed E-state index contributed by atoms with van der Waals surface area (Å²) in [7, 11) is 0. The maximum Gasteiger partial charge on any atom is 0.277 e. The monoisotopic (exact) mass is 556 g/mol. The van der Waals surface area contributed by atoms with Gasteiger partial charge in [-0.05, 0) is 99.4 Å². The lowest BCUT2D eigenvalue weighted by molar-refractivity contribution is -0.123. The number of carbonyl (C=O) groups is 1. The van der Waals surface area contributed by atoms with Gasteiger partial charge in [-0.3, -0.25) is 4.79 Å². The van der Waals surface area contributed by atoms with E-state index in [4.69, 9.17) is 4.74 Å². The second-order valence-electron chi connectivity index (χ2n) is 6.41. The third-order valence-electron chi connectivity index (χ3n) is 4.43. The number of ether oxygens (including phenoxy) is 1. The van der Waals surface area contributed by atoms with Crippen molar-refractivity contribution in [2.75, 3.05) is 6.61 Å². The molecule has 0 aromatic heterocycles. The molecular formula is C20H19Br3N2O2. The molecule has 1 amide bonds. The lowest BCUT2D eigenvalue weighted by Crippen LogP contribution is -2.25. The molecule has 0 aliphatic heterocycles. The van der Waals surface area contributed by atoms with E-state index in [0.29, 0.717) is 5.75 Å². The number of amides is 1. The summed E-state index contributed by atoms with van der Waals surface area (Å²) in [4.78, 5) is 12.1. The Balaban J connectivity index is 1.60. The van der Waals surface area contributed by atoms with Gasteiger partial charge in [-0.2, -0.15) is 5.10 Å². The summed E-state index contributed by atoms with van der Waals surface area (Å²) < 4.78 is 8.02. The van der Waals surface area contributed by atoms with Gasteiger partial charge in [0.25, 0.3) is 5.91 Å². The van der Waals surface area contributed by atoms with E-state index in [1.54, 1.807) is 0 Å². The topological polar surface area (TPSA) is 50.7 Å². The molecule has 0 saturated heterocycles. The maximum absolute atomic E-state index is 12.1. The van der Waals surface area contributed by atoms with Crippen LogP contribution in [0.1, 0.15) is 36.5 Å². The molecule has 2 aromatic carbocycles. The molecule has 2 aromatic rings. The fourth-order valence-electron chi connectivity index (χ4n) is 3.01. The summed E-state index contributed by atoms with van der Waals surface area (Å²) in [6.07, 6.45) is 4.77. The van der Waals surface area contributed by atoms with E-state index in [0.717, 1.165) is 37.5 Å². The van der Waals surface area contributed by atoms with E-state index in [-0.39, 0.29) is 12.5 Å². The van der Waals surface area contributed by atoms with E-state index >= 15 is 0 Å². The highest BCUT2D eigenvalue weighted by Gasteiger charge is 2.12. The van der Waals surface area contributed by atoms with Gasteiger partial charge < -0.3 is 4.74 Å². The number of rotatable bonds is 5. The number of halogens is 3. The van der Waals surface area contributed by atoms with Crippen LogP contribution in [0.25, 0.3) is 0 Å². The van der Waals surface area contributed by atoms with Crippen LogP contribution >= 0.6 is 47.8 Å². The molecule has 4 nitrogen and oxygen atoms in total. The first-order chi connectivity index (χ1) is 12.9. The van der Waals surface area contributed by atoms with Crippen LogP contribution in [0.3, 0.4) is 0 Å². The second-order valence-corrected chi connectivity index (χ2v) is 9.03. The summed E-state index contributed by atoms with van der Waals surface area (Å²) in [6.45, 7) is 1.77. The van der Waals surface area contributed by atoms with Crippen LogP contribution in [0.5, 0.6) is 5.75 Å². The van der Waals surface area contributed by atoms with Crippen molar-refractivity contribution >= 4 is 59.4 Å². The third kappa shape index (κ3) is 5.42. The molecule has 1 aliphatic carbocycles. The van der Waals surface area contributed by atoms with Crippen LogP contribution in [0.15, 0.2) is 48.9 Å². The number of aryl methyl sites for hydroxylation is 2. The minimum absolute atomic E-state index is 0.125. The molecule has 0 bridgehead atoms. The highest BCUT2D eigenvalue weighted by Crippen LogP contribution is 2.36. The van der Waals surface area contributed by atoms with Crippen molar-refractivity contribution in [3.63, 3.8) is 0 Å². The van der Waals surface area contributed by atoms with Gasteiger partial charge in [-0.1, -0.05) is 28.1 Å². The summed E-state index contributed by atoms with van der Waals surface area (Å²) in [5.41, 5.74) is 7.21. The molecule has 27 heavy (non-hydrogen) atoms. The SMILES string of the molecule is C/C(=N/NC(=O)COc1c(Br)cc(Br)cc1Br)c1ccc2c(c1)CCCC2. The fraction of sp³-hybridized carbons (Fsp3) is 0.300. The molecule has 0 unspecified atom stereocenters. The number of nitrogens with zero attached hydrogens (tertiary/aromatic N) is 1. The van der Waals surface area contributed by atoms with Crippen LogP contribution in [0.4, 0.5) is 0 Å². The summed E-state index contributed by atoms with van der Waals surface area (Å²) in [5.74, 6) is 0.262. The molecule has 3 rings (SSSR count). The Hall–Kier alpha value is -1.18. The number of fused-ring (bicyclic) bond motifs is 1. The van der Waals surface area contributed by atoms with E-state index < -0.39 is 0 Å². The molecule has 1 aliphatic rings. The minimum Gasteiger partial charge on any atom is -0.481 e. The van der Waals surface area contributed by atoms with Crippen molar-refractivity contribution in [3.8, 4) is 5.75 Å². The van der Waals surface area contributed by atoms with Gasteiger partial charge in [0.2, 0.25) is 0 Å². The Kier molecular flexibility index (Phi) is 7.11. The molecule has 142 valence electrons. The molecule has 0 radical (unpaired) electrons. The second kappa shape index (κ2) is 9.34. The molecular weight excluding hydrogens is 540 g/mol. The molecule has 0 fully saturated rings. The van der Waals surface area contributed by atoms with Gasteiger partial charge >= 0.3 is 0 Å². The highest BCUT2D eigenvalue weighted by atomic mass is 79.9. The lowest BCUT2D eigenvalue weighted by Gasteiger charge is -2.16. The normalized spacial score (nSPS) is 13.9. The predicted octanol–water partition coefficient (Wildman–Crippen LogP) is 5.77. The molecule has 1 N–H and O–H groups in total. The summed E-state index contributed by atoms with van der Waals surface area (Å²) >= 11 is 10.3. The van der Waals surface area contributed by atoms with Crippen molar-refractivity contribution in [2.45, 2.75) is 32.6 Å². The Bertz CT molecular complexity index is 874. The fourth-order valence-corrected chi connectivity index (χ4v) is 5.49. The average Bonchev–Trinajstić information content (AvgIpc) is 2.64. The zero-order chi connectivity index (χ0) is 19.4. The van der Waals surface area contributed by atoms with E-state index in [1.807, 2.05) is 19.1 Å². The van der Waals surface area contributed by atoms with Crippen molar-refractivity contribution in [2.24, 2.45) is 5.10 Å². The van der Waals surface area contributed by atoms with Gasteiger partial charge in [0.1, 0.15) is 5.75 Å². The van der Waals surface area contributed by atoms with Crippen molar-refractivity contribution in [3.05, 3.63) is 60.4 Å². The minimum atomic E-state index is -0.311. The zero-order valence-electron chi connectivity index (χ0n) is 14.8. The van der Waals surface area contributed by atoms with Gasteiger partial charge in [-0.15, -0.1) is 0 Å². The summed E-state index contributed by atoms with van der Waals surface area (Å²) in [5, 5.41) is 4.22. The van der Waals surface area contributed by atoms with Gasteiger partial charge in [-0.25, -0.2) is 5.43 Å². The van der Waals surface area contributed by atoms with Crippen molar-refractivity contribution < 1.29 is 9.53 Å². The lowest BCUT2D eigenvalue weighted by atomic mass is 9.90. The first-order valence-electron chi connectivity index (χ1n) is 8.66. The van der Waals surface area contributed by atoms with Crippen molar-refractivity contribution in [1.82, 2.24) is 5.43 Å². The number of hydrazone groups is 1. The molecule has 0 atom stereocenters. The van der Waals surface area contributed by atoms with E-state index in [9.17, 15) is 4.79 Å². The van der Waals surface area contributed by atoms with Crippen LogP contribution in [-0.4, -0.2) is 18.2 Å². The first kappa shape index (κ1) is 20.6. The molecule has 0 saturated carbocycles.